The third-order valence-corrected chi connectivity index (χ3v) is 9.18. The molecule has 0 spiro atoms. The molecule has 1 aliphatic heterocycles. The third-order valence-electron chi connectivity index (χ3n) is 9.18. The first-order chi connectivity index (χ1) is 20.1. The molecule has 10 nitrogen and oxygen atoms in total. The standard InChI is InChI=1S/C32H54N4O6/c1-24(32(33,42-6)30(39)34-3)23-31(17-12-22-40-4,36-19-10-11-20-36)27(16-21-37)28(41-5)25(2)29(38)35-18-15-26-13-8-7-9-14-26/h7-9,13-14,21,24-25,27-28H,10-12,15-20,22-23,33H2,1-6H3,(H,34,39)(H,35,38)/t24?,25?,27?,28?,31?,32-/m1/s1. The average molecular weight is 591 g/mol. The van der Waals surface area contributed by atoms with Crippen LogP contribution < -0.4 is 16.4 Å². The van der Waals surface area contributed by atoms with Crippen LogP contribution in [0.2, 0.25) is 0 Å². The summed E-state index contributed by atoms with van der Waals surface area (Å²) < 4.78 is 17.2. The maximum absolute atomic E-state index is 13.5. The zero-order valence-corrected chi connectivity index (χ0v) is 26.5. The molecule has 2 amide bonds. The van der Waals surface area contributed by atoms with Gasteiger partial charge in [0.05, 0.1) is 12.0 Å². The van der Waals surface area contributed by atoms with Crippen molar-refractivity contribution in [3.05, 3.63) is 35.9 Å². The summed E-state index contributed by atoms with van der Waals surface area (Å²) in [5, 5.41) is 5.72. The Morgan fingerprint density at radius 3 is 2.33 bits per heavy atom. The minimum absolute atomic E-state index is 0.121. The van der Waals surface area contributed by atoms with Crippen molar-refractivity contribution in [2.75, 3.05) is 54.6 Å². The van der Waals surface area contributed by atoms with Crippen molar-refractivity contribution >= 4 is 18.1 Å². The van der Waals surface area contributed by atoms with Gasteiger partial charge in [-0.05, 0) is 57.2 Å². The van der Waals surface area contributed by atoms with Crippen molar-refractivity contribution in [2.24, 2.45) is 23.5 Å². The van der Waals surface area contributed by atoms with E-state index in [-0.39, 0.29) is 18.2 Å². The predicted octanol–water partition coefficient (Wildman–Crippen LogP) is 2.54. The van der Waals surface area contributed by atoms with E-state index >= 15 is 0 Å². The lowest BCUT2D eigenvalue weighted by Gasteiger charge is -2.53. The first-order valence-corrected chi connectivity index (χ1v) is 15.2. The van der Waals surface area contributed by atoms with Crippen LogP contribution >= 0.6 is 0 Å². The number of likely N-dealkylation sites (N-methyl/N-ethyl adjacent to an activating group) is 1. The molecule has 1 aliphatic rings. The Kier molecular flexibility index (Phi) is 15.1. The number of carbonyl (C=O) groups excluding carboxylic acids is 3. The summed E-state index contributed by atoms with van der Waals surface area (Å²) in [5.41, 5.74) is 5.57. The average Bonchev–Trinajstić information content (AvgIpc) is 3.56. The SMILES string of the molecule is CNC(=O)[C@](N)(OC)C(C)CC(CCCOC)(C(CC=O)C(OC)C(C)C(=O)NCCc1ccccc1)N1CCCC1. The lowest BCUT2D eigenvalue weighted by molar-refractivity contribution is -0.155. The minimum Gasteiger partial charge on any atom is -0.385 e. The zero-order valence-electron chi connectivity index (χ0n) is 26.5. The fourth-order valence-corrected chi connectivity index (χ4v) is 6.81. The van der Waals surface area contributed by atoms with Crippen molar-refractivity contribution in [1.82, 2.24) is 15.5 Å². The number of methoxy groups -OCH3 is 3. The van der Waals surface area contributed by atoms with E-state index in [0.717, 1.165) is 50.6 Å². The monoisotopic (exact) mass is 590 g/mol. The van der Waals surface area contributed by atoms with E-state index in [4.69, 9.17) is 19.9 Å². The highest BCUT2D eigenvalue weighted by Crippen LogP contribution is 2.45. The molecule has 1 aromatic rings. The number of nitrogens with two attached hydrogens (primary N) is 1. The highest BCUT2D eigenvalue weighted by molar-refractivity contribution is 5.84. The normalized spacial score (nSPS) is 19.6. The van der Waals surface area contributed by atoms with Gasteiger partial charge in [-0.1, -0.05) is 44.2 Å². The molecule has 1 heterocycles. The van der Waals surface area contributed by atoms with Crippen LogP contribution in [0.1, 0.15) is 57.9 Å². The summed E-state index contributed by atoms with van der Waals surface area (Å²) in [4.78, 5) is 41.2. The molecule has 0 radical (unpaired) electrons. The predicted molar refractivity (Wildman–Crippen MR) is 164 cm³/mol. The molecule has 0 aromatic heterocycles. The Bertz CT molecular complexity index is 960. The number of likely N-dealkylation sites (tertiary alicyclic amines) is 1. The Labute approximate surface area is 252 Å². The summed E-state index contributed by atoms with van der Waals surface area (Å²) >= 11 is 0. The van der Waals surface area contributed by atoms with E-state index in [1.807, 2.05) is 44.2 Å². The van der Waals surface area contributed by atoms with Crippen molar-refractivity contribution in [2.45, 2.75) is 76.2 Å². The third kappa shape index (κ3) is 8.83. The Balaban J connectivity index is 2.48. The van der Waals surface area contributed by atoms with Gasteiger partial charge in [-0.15, -0.1) is 0 Å². The lowest BCUT2D eigenvalue weighted by atomic mass is 9.66. The number of rotatable bonds is 20. The Morgan fingerprint density at radius 2 is 1.79 bits per heavy atom. The summed E-state index contributed by atoms with van der Waals surface area (Å²) in [5.74, 6) is -1.83. The first-order valence-electron chi connectivity index (χ1n) is 15.2. The molecule has 1 saturated heterocycles. The first kappa shape index (κ1) is 35.8. The second-order valence-electron chi connectivity index (χ2n) is 11.6. The van der Waals surface area contributed by atoms with Gasteiger partial charge in [0, 0.05) is 65.3 Å². The Morgan fingerprint density at radius 1 is 1.12 bits per heavy atom. The maximum Gasteiger partial charge on any atom is 0.267 e. The molecule has 238 valence electrons. The van der Waals surface area contributed by atoms with E-state index in [1.165, 1.54) is 14.2 Å². The van der Waals surface area contributed by atoms with E-state index in [0.29, 0.717) is 26.0 Å². The Hall–Kier alpha value is -2.37. The molecule has 4 N–H and O–H groups in total. The summed E-state index contributed by atoms with van der Waals surface area (Å²) in [6, 6.07) is 10.0. The van der Waals surface area contributed by atoms with Crippen molar-refractivity contribution < 1.29 is 28.6 Å². The van der Waals surface area contributed by atoms with Crippen LogP contribution in [0, 0.1) is 17.8 Å². The number of carbonyl (C=O) groups is 3. The van der Waals surface area contributed by atoms with Crippen LogP contribution in [0.4, 0.5) is 0 Å². The molecule has 6 atom stereocenters. The second kappa shape index (κ2) is 17.7. The van der Waals surface area contributed by atoms with E-state index in [2.05, 4.69) is 15.5 Å². The number of nitrogens with one attached hydrogen (secondary N) is 2. The number of benzene rings is 1. The zero-order chi connectivity index (χ0) is 31.2. The van der Waals surface area contributed by atoms with Crippen molar-refractivity contribution in [1.29, 1.82) is 0 Å². The molecule has 0 aliphatic carbocycles. The smallest absolute Gasteiger partial charge is 0.267 e. The number of aldehydes is 1. The number of amides is 2. The lowest BCUT2D eigenvalue weighted by Crippen LogP contribution is -2.64. The van der Waals surface area contributed by atoms with E-state index in [1.54, 1.807) is 14.2 Å². The fourth-order valence-electron chi connectivity index (χ4n) is 6.81. The number of nitrogens with zero attached hydrogens (tertiary/aromatic N) is 1. The molecule has 0 bridgehead atoms. The largest absolute Gasteiger partial charge is 0.385 e. The molecule has 2 rings (SSSR count). The fraction of sp³-hybridized carbons (Fsp3) is 0.719. The van der Waals surface area contributed by atoms with Gasteiger partial charge in [0.2, 0.25) is 5.91 Å². The molecule has 0 saturated carbocycles. The van der Waals surface area contributed by atoms with Crippen molar-refractivity contribution in [3.63, 3.8) is 0 Å². The van der Waals surface area contributed by atoms with Gasteiger partial charge in [0.1, 0.15) is 6.29 Å². The summed E-state index contributed by atoms with van der Waals surface area (Å²) in [6.45, 7) is 6.50. The molecule has 1 fully saturated rings. The van der Waals surface area contributed by atoms with Gasteiger partial charge in [0.25, 0.3) is 5.91 Å². The highest BCUT2D eigenvalue weighted by atomic mass is 16.5. The summed E-state index contributed by atoms with van der Waals surface area (Å²) in [6.07, 6.45) is 5.20. The van der Waals surface area contributed by atoms with Crippen molar-refractivity contribution in [3.8, 4) is 0 Å². The highest BCUT2D eigenvalue weighted by Gasteiger charge is 2.53. The van der Waals surface area contributed by atoms with Gasteiger partial charge in [-0.2, -0.15) is 0 Å². The molecule has 1 aromatic carbocycles. The van der Waals surface area contributed by atoms with Crippen LogP contribution in [0.25, 0.3) is 0 Å². The topological polar surface area (TPSA) is 132 Å². The number of hydrogen-bond donors (Lipinski definition) is 3. The van der Waals surface area contributed by atoms with Gasteiger partial charge in [0.15, 0.2) is 5.72 Å². The van der Waals surface area contributed by atoms with Crippen LogP contribution in [-0.4, -0.2) is 95.0 Å². The second-order valence-corrected chi connectivity index (χ2v) is 11.6. The van der Waals surface area contributed by atoms with Gasteiger partial charge in [-0.25, -0.2) is 0 Å². The van der Waals surface area contributed by atoms with Gasteiger partial charge in [-0.3, -0.25) is 20.2 Å². The van der Waals surface area contributed by atoms with Crippen LogP contribution in [0.5, 0.6) is 0 Å². The molecular weight excluding hydrogens is 536 g/mol. The maximum atomic E-state index is 13.5. The summed E-state index contributed by atoms with van der Waals surface area (Å²) in [7, 11) is 6.26. The molecule has 42 heavy (non-hydrogen) atoms. The minimum atomic E-state index is -1.57. The molecular formula is C32H54N4O6. The van der Waals surface area contributed by atoms with Crippen LogP contribution in [0.15, 0.2) is 30.3 Å². The molecule has 5 unspecified atom stereocenters. The number of ether oxygens (including phenoxy) is 3. The van der Waals surface area contributed by atoms with Gasteiger partial charge >= 0.3 is 0 Å². The number of hydrogen-bond acceptors (Lipinski definition) is 8. The van der Waals surface area contributed by atoms with Crippen LogP contribution in [0.3, 0.4) is 0 Å². The molecule has 10 heteroatoms. The van der Waals surface area contributed by atoms with Gasteiger partial charge < -0.3 is 29.6 Å². The van der Waals surface area contributed by atoms with E-state index < -0.39 is 35.1 Å². The van der Waals surface area contributed by atoms with Crippen LogP contribution in [-0.2, 0) is 35.0 Å². The van der Waals surface area contributed by atoms with E-state index in [9.17, 15) is 14.4 Å². The quantitative estimate of drug-likeness (QED) is 0.120.